The fourth-order valence-electron chi connectivity index (χ4n) is 5.35. The van der Waals surface area contributed by atoms with Gasteiger partial charge in [0.05, 0.1) is 12.2 Å². The third-order valence-electron chi connectivity index (χ3n) is 7.52. The first-order chi connectivity index (χ1) is 17.0. The molecule has 0 aromatic heterocycles. The van der Waals surface area contributed by atoms with Gasteiger partial charge in [0.1, 0.15) is 5.75 Å². The van der Waals surface area contributed by atoms with Crippen molar-refractivity contribution in [3.8, 4) is 5.75 Å². The normalized spacial score (nSPS) is 32.2. The molecule has 6 atom stereocenters. The topological polar surface area (TPSA) is 119 Å². The standard InChI is InChI=1S/C29H45NO6/c1-17-10-23-13-25(33)14-26(21(23)5)30-29(35)18(2)8-7-9-22(15-31)28(36-6)20(4)12-19(3)27(34)24(11-17)16-32/h8,12-14,17,19,22,24,27-28,31-34H,7,9-11,15-16H2,1-6H3,(H,30,35)/b18-8+,20-12+/t17-,19+,22+,24+,27-,28-/m0/s1. The van der Waals surface area contributed by atoms with Crippen LogP contribution in [0, 0.1) is 30.6 Å². The lowest BCUT2D eigenvalue weighted by Gasteiger charge is -2.30. The molecule has 2 bridgehead atoms. The molecule has 1 heterocycles. The van der Waals surface area contributed by atoms with E-state index in [2.05, 4.69) is 12.2 Å². The molecule has 1 aromatic carbocycles. The summed E-state index contributed by atoms with van der Waals surface area (Å²) in [6.45, 7) is 9.40. The Hall–Kier alpha value is -2.19. The predicted molar refractivity (Wildman–Crippen MR) is 143 cm³/mol. The molecule has 202 valence electrons. The van der Waals surface area contributed by atoms with Gasteiger partial charge in [-0.1, -0.05) is 26.0 Å². The molecule has 1 amide bonds. The average Bonchev–Trinajstić information content (AvgIpc) is 2.83. The number of ether oxygens (including phenoxy) is 1. The Morgan fingerprint density at radius 3 is 2.36 bits per heavy atom. The maximum absolute atomic E-state index is 12.9. The van der Waals surface area contributed by atoms with Crippen LogP contribution in [-0.2, 0) is 16.0 Å². The van der Waals surface area contributed by atoms with E-state index < -0.39 is 6.10 Å². The number of hydrogen-bond donors (Lipinski definition) is 5. The van der Waals surface area contributed by atoms with Crippen molar-refractivity contribution in [1.82, 2.24) is 0 Å². The van der Waals surface area contributed by atoms with E-state index in [0.29, 0.717) is 36.9 Å². The molecule has 1 aliphatic rings. The second kappa shape index (κ2) is 13.9. The number of phenolic OH excluding ortho intramolecular Hbond substituents is 1. The van der Waals surface area contributed by atoms with E-state index in [-0.39, 0.29) is 54.6 Å². The van der Waals surface area contributed by atoms with E-state index in [1.54, 1.807) is 26.2 Å². The van der Waals surface area contributed by atoms with E-state index in [1.807, 2.05) is 32.9 Å². The van der Waals surface area contributed by atoms with Crippen LogP contribution < -0.4 is 5.32 Å². The van der Waals surface area contributed by atoms with Crippen LogP contribution in [0.5, 0.6) is 5.75 Å². The lowest BCUT2D eigenvalue weighted by Crippen LogP contribution is -2.32. The highest BCUT2D eigenvalue weighted by Crippen LogP contribution is 2.31. The van der Waals surface area contributed by atoms with Crippen molar-refractivity contribution in [2.45, 2.75) is 72.5 Å². The lowest BCUT2D eigenvalue weighted by molar-refractivity contribution is -0.112. The number of aromatic hydroxyl groups is 1. The number of aliphatic hydroxyl groups excluding tert-OH is 3. The van der Waals surface area contributed by atoms with Crippen molar-refractivity contribution in [2.75, 3.05) is 25.6 Å². The molecule has 1 aliphatic heterocycles. The van der Waals surface area contributed by atoms with Crippen LogP contribution in [0.1, 0.15) is 58.1 Å². The predicted octanol–water partition coefficient (Wildman–Crippen LogP) is 4.12. The molecule has 0 saturated heterocycles. The number of hydrogen-bond acceptors (Lipinski definition) is 6. The van der Waals surface area contributed by atoms with Crippen LogP contribution in [0.25, 0.3) is 0 Å². The van der Waals surface area contributed by atoms with Crippen molar-refractivity contribution in [3.63, 3.8) is 0 Å². The molecule has 1 aromatic rings. The average molecular weight is 504 g/mol. The zero-order valence-electron chi connectivity index (χ0n) is 22.6. The number of anilines is 1. The zero-order valence-corrected chi connectivity index (χ0v) is 22.6. The Bertz CT molecular complexity index is 940. The van der Waals surface area contributed by atoms with E-state index >= 15 is 0 Å². The number of rotatable bonds is 3. The summed E-state index contributed by atoms with van der Waals surface area (Å²) in [6.07, 6.45) is 5.20. The first kappa shape index (κ1) is 30.0. The molecule has 0 aliphatic carbocycles. The minimum Gasteiger partial charge on any atom is -0.508 e. The van der Waals surface area contributed by atoms with Gasteiger partial charge in [-0.2, -0.15) is 0 Å². The van der Waals surface area contributed by atoms with Gasteiger partial charge < -0.3 is 30.5 Å². The van der Waals surface area contributed by atoms with Crippen LogP contribution in [0.4, 0.5) is 5.69 Å². The second-order valence-corrected chi connectivity index (χ2v) is 10.5. The third kappa shape index (κ3) is 7.90. The monoisotopic (exact) mass is 503 g/mol. The van der Waals surface area contributed by atoms with Crippen LogP contribution in [0.15, 0.2) is 35.4 Å². The van der Waals surface area contributed by atoms with Gasteiger partial charge in [0.15, 0.2) is 0 Å². The Labute approximate surface area is 215 Å². The maximum Gasteiger partial charge on any atom is 0.250 e. The molecule has 0 unspecified atom stereocenters. The van der Waals surface area contributed by atoms with Crippen LogP contribution in [0.3, 0.4) is 0 Å². The van der Waals surface area contributed by atoms with Gasteiger partial charge in [0.2, 0.25) is 0 Å². The van der Waals surface area contributed by atoms with Gasteiger partial charge in [0, 0.05) is 55.4 Å². The Morgan fingerprint density at radius 1 is 1.08 bits per heavy atom. The first-order valence-electron chi connectivity index (χ1n) is 12.9. The molecule has 0 saturated carbocycles. The summed E-state index contributed by atoms with van der Waals surface area (Å²) in [5, 5.41) is 44.5. The summed E-state index contributed by atoms with van der Waals surface area (Å²) in [5.41, 5.74) is 3.85. The highest BCUT2D eigenvalue weighted by atomic mass is 16.5. The smallest absolute Gasteiger partial charge is 0.250 e. The van der Waals surface area contributed by atoms with E-state index in [9.17, 15) is 25.2 Å². The number of fused-ring (bicyclic) bond motifs is 2. The summed E-state index contributed by atoms with van der Waals surface area (Å²) in [6, 6.07) is 3.27. The van der Waals surface area contributed by atoms with Gasteiger partial charge in [-0.25, -0.2) is 0 Å². The van der Waals surface area contributed by atoms with Crippen molar-refractivity contribution in [2.24, 2.45) is 23.7 Å². The fraction of sp³-hybridized carbons (Fsp3) is 0.621. The van der Waals surface area contributed by atoms with Crippen molar-refractivity contribution < 1.29 is 30.0 Å². The largest absolute Gasteiger partial charge is 0.508 e. The minimum atomic E-state index is -0.745. The highest BCUT2D eigenvalue weighted by Gasteiger charge is 2.28. The van der Waals surface area contributed by atoms with E-state index in [0.717, 1.165) is 16.7 Å². The van der Waals surface area contributed by atoms with Gasteiger partial charge in [-0.05, 0) is 75.1 Å². The van der Waals surface area contributed by atoms with Crippen molar-refractivity contribution in [3.05, 3.63) is 46.6 Å². The van der Waals surface area contributed by atoms with Gasteiger partial charge >= 0.3 is 0 Å². The van der Waals surface area contributed by atoms with Gasteiger partial charge in [-0.3, -0.25) is 4.79 Å². The molecule has 2 rings (SSSR count). The van der Waals surface area contributed by atoms with Crippen molar-refractivity contribution >= 4 is 11.6 Å². The Morgan fingerprint density at radius 2 is 1.75 bits per heavy atom. The molecule has 7 heteroatoms. The molecule has 5 N–H and O–H groups in total. The van der Waals surface area contributed by atoms with Gasteiger partial charge in [0.25, 0.3) is 5.91 Å². The SMILES string of the molecule is CO[C@H]1/C(C)=C/[C@@H](C)[C@H](O)[C@@H](CO)C[C@@H](C)Cc2cc(O)cc(c2C)NC(=O)/C(C)=C/CC[C@@H]1CO. The lowest BCUT2D eigenvalue weighted by atomic mass is 9.82. The first-order valence-corrected chi connectivity index (χ1v) is 12.9. The highest BCUT2D eigenvalue weighted by molar-refractivity contribution is 6.03. The number of allylic oxidation sites excluding steroid dienone is 1. The zero-order chi connectivity index (χ0) is 27.0. The Balaban J connectivity index is 2.48. The summed E-state index contributed by atoms with van der Waals surface area (Å²) in [7, 11) is 1.61. The molecule has 7 nitrogen and oxygen atoms in total. The summed E-state index contributed by atoms with van der Waals surface area (Å²) >= 11 is 0. The summed E-state index contributed by atoms with van der Waals surface area (Å²) in [4.78, 5) is 12.9. The number of aliphatic hydroxyl groups is 3. The summed E-state index contributed by atoms with van der Waals surface area (Å²) < 4.78 is 5.73. The van der Waals surface area contributed by atoms with Crippen molar-refractivity contribution in [1.29, 1.82) is 0 Å². The molecule has 36 heavy (non-hydrogen) atoms. The van der Waals surface area contributed by atoms with E-state index in [1.165, 1.54) is 0 Å². The minimum absolute atomic E-state index is 0.0677. The number of nitrogens with one attached hydrogen (secondary N) is 1. The third-order valence-corrected chi connectivity index (χ3v) is 7.52. The molecule has 0 spiro atoms. The fourth-order valence-corrected chi connectivity index (χ4v) is 5.35. The number of benzene rings is 1. The maximum atomic E-state index is 12.9. The number of phenols is 1. The number of amides is 1. The molecular weight excluding hydrogens is 458 g/mol. The quantitative estimate of drug-likeness (QED) is 0.396. The number of methoxy groups -OCH3 is 1. The number of carbonyl (C=O) groups excluding carboxylic acids is 1. The molecule has 0 radical (unpaired) electrons. The van der Waals surface area contributed by atoms with Crippen LogP contribution >= 0.6 is 0 Å². The van der Waals surface area contributed by atoms with E-state index in [4.69, 9.17) is 4.74 Å². The summed E-state index contributed by atoms with van der Waals surface area (Å²) in [5.74, 6) is -0.750. The van der Waals surface area contributed by atoms with Gasteiger partial charge in [-0.15, -0.1) is 0 Å². The second-order valence-electron chi connectivity index (χ2n) is 10.5. The number of carbonyl (C=O) groups is 1. The Kier molecular flexibility index (Phi) is 11.6. The van der Waals surface area contributed by atoms with Crippen LogP contribution in [0.2, 0.25) is 0 Å². The van der Waals surface area contributed by atoms with Crippen LogP contribution in [-0.4, -0.2) is 58.9 Å². The molecular formula is C29H45NO6. The molecule has 0 fully saturated rings.